The maximum Gasteiger partial charge on any atom is 0.410 e. The van der Waals surface area contributed by atoms with Gasteiger partial charge in [0.05, 0.1) is 13.7 Å². The number of hydrogen-bond acceptors (Lipinski definition) is 5. The number of amides is 1. The summed E-state index contributed by atoms with van der Waals surface area (Å²) in [4.78, 5) is 27.4. The van der Waals surface area contributed by atoms with Crippen LogP contribution in [0.3, 0.4) is 0 Å². The summed E-state index contributed by atoms with van der Waals surface area (Å²) < 4.78 is 18.8. The molecule has 7 heteroatoms. The second-order valence-electron chi connectivity index (χ2n) is 10.3. The van der Waals surface area contributed by atoms with Crippen LogP contribution in [0.25, 0.3) is 10.8 Å². The van der Waals surface area contributed by atoms with Gasteiger partial charge in [0.15, 0.2) is 0 Å². The van der Waals surface area contributed by atoms with Crippen molar-refractivity contribution in [3.63, 3.8) is 0 Å². The van der Waals surface area contributed by atoms with Crippen LogP contribution in [0.4, 0.5) is 4.79 Å². The molecule has 0 saturated carbocycles. The number of pyridine rings is 1. The average Bonchev–Trinajstić information content (AvgIpc) is 2.85. The molecule has 0 N–H and O–H groups in total. The number of aromatic nitrogens is 1. The highest BCUT2D eigenvalue weighted by molar-refractivity contribution is 5.84. The molecule has 1 aromatic heterocycles. The SMILES string of the molecule is CCc1cc2c(=O)n(Cc3ccc(OC)cc3)ccc2cc1OC1CCN(C(=O)OC(C)(C)C)CC1. The predicted molar refractivity (Wildman–Crippen MR) is 141 cm³/mol. The van der Waals surface area contributed by atoms with E-state index in [1.165, 1.54) is 0 Å². The molecule has 0 radical (unpaired) electrons. The number of nitrogens with zero attached hydrogens (tertiary/aromatic N) is 2. The van der Waals surface area contributed by atoms with E-state index >= 15 is 0 Å². The second-order valence-corrected chi connectivity index (χ2v) is 10.3. The van der Waals surface area contributed by atoms with E-state index in [1.807, 2.05) is 69.4 Å². The largest absolute Gasteiger partial charge is 0.497 e. The standard InChI is InChI=1S/C29H36N2O5/c1-6-21-17-25-22(11-14-31(27(25)32)19-20-7-9-23(34-5)10-8-20)18-26(21)35-24-12-15-30(16-13-24)28(33)36-29(2,3)4/h7-11,14,17-18,24H,6,12-13,15-16,19H2,1-5H3. The summed E-state index contributed by atoms with van der Waals surface area (Å²) in [5, 5.41) is 1.55. The lowest BCUT2D eigenvalue weighted by Gasteiger charge is -2.33. The second kappa shape index (κ2) is 10.6. The lowest BCUT2D eigenvalue weighted by molar-refractivity contribution is 0.0126. The molecule has 1 aliphatic rings. The zero-order chi connectivity index (χ0) is 25.9. The van der Waals surface area contributed by atoms with Crippen molar-refractivity contribution < 1.29 is 19.0 Å². The summed E-state index contributed by atoms with van der Waals surface area (Å²) in [5.41, 5.74) is 1.52. The van der Waals surface area contributed by atoms with E-state index < -0.39 is 5.60 Å². The highest BCUT2D eigenvalue weighted by Gasteiger charge is 2.28. The minimum Gasteiger partial charge on any atom is -0.497 e. The minimum absolute atomic E-state index is 0.0156. The molecule has 0 atom stereocenters. The van der Waals surface area contributed by atoms with Gasteiger partial charge in [-0.2, -0.15) is 0 Å². The third kappa shape index (κ3) is 6.01. The van der Waals surface area contributed by atoms with Crippen LogP contribution in [0.1, 0.15) is 51.7 Å². The van der Waals surface area contributed by atoms with Crippen molar-refractivity contribution in [1.82, 2.24) is 9.47 Å². The first-order valence-electron chi connectivity index (χ1n) is 12.6. The average molecular weight is 493 g/mol. The molecule has 4 rings (SSSR count). The van der Waals surface area contributed by atoms with Gasteiger partial charge in [0.2, 0.25) is 0 Å². The van der Waals surface area contributed by atoms with Crippen molar-refractivity contribution in [3.8, 4) is 11.5 Å². The summed E-state index contributed by atoms with van der Waals surface area (Å²) in [7, 11) is 1.64. The summed E-state index contributed by atoms with van der Waals surface area (Å²) in [6.45, 7) is 9.39. The maximum atomic E-state index is 13.3. The van der Waals surface area contributed by atoms with E-state index in [0.717, 1.165) is 47.3 Å². The lowest BCUT2D eigenvalue weighted by atomic mass is 10.0. The highest BCUT2D eigenvalue weighted by Crippen LogP contribution is 2.28. The summed E-state index contributed by atoms with van der Waals surface area (Å²) in [5.74, 6) is 1.60. The first kappa shape index (κ1) is 25.6. The molecular formula is C29H36N2O5. The number of fused-ring (bicyclic) bond motifs is 1. The van der Waals surface area contributed by atoms with Crippen LogP contribution in [-0.2, 0) is 17.7 Å². The van der Waals surface area contributed by atoms with Crippen molar-refractivity contribution >= 4 is 16.9 Å². The Bertz CT molecular complexity index is 1270. The Morgan fingerprint density at radius 1 is 1.06 bits per heavy atom. The molecule has 1 saturated heterocycles. The van der Waals surface area contributed by atoms with Gasteiger partial charge >= 0.3 is 6.09 Å². The first-order valence-corrected chi connectivity index (χ1v) is 12.6. The quantitative estimate of drug-likeness (QED) is 0.461. The van der Waals surface area contributed by atoms with Gasteiger partial charge in [0.1, 0.15) is 23.2 Å². The maximum absolute atomic E-state index is 13.3. The molecule has 0 unspecified atom stereocenters. The Hall–Kier alpha value is -3.48. The Morgan fingerprint density at radius 3 is 2.36 bits per heavy atom. The fourth-order valence-corrected chi connectivity index (χ4v) is 4.46. The number of carbonyl (C=O) groups is 1. The van der Waals surface area contributed by atoms with Crippen LogP contribution in [0, 0.1) is 0 Å². The van der Waals surface area contributed by atoms with Crippen LogP contribution in [0.2, 0.25) is 0 Å². The van der Waals surface area contributed by atoms with Crippen LogP contribution >= 0.6 is 0 Å². The molecule has 2 aromatic carbocycles. The number of aryl methyl sites for hydroxylation is 1. The van der Waals surface area contributed by atoms with Gasteiger partial charge in [-0.3, -0.25) is 4.79 Å². The summed E-state index contributed by atoms with van der Waals surface area (Å²) >= 11 is 0. The van der Waals surface area contributed by atoms with E-state index in [0.29, 0.717) is 25.0 Å². The molecule has 192 valence electrons. The molecule has 3 aromatic rings. The third-order valence-electron chi connectivity index (χ3n) is 6.44. The zero-order valence-corrected chi connectivity index (χ0v) is 21.9. The van der Waals surface area contributed by atoms with Gasteiger partial charge in [-0.15, -0.1) is 0 Å². The molecule has 1 amide bonds. The fourth-order valence-electron chi connectivity index (χ4n) is 4.46. The van der Waals surface area contributed by atoms with Gasteiger partial charge < -0.3 is 23.7 Å². The fraction of sp³-hybridized carbons (Fsp3) is 0.448. The molecular weight excluding hydrogens is 456 g/mol. The number of likely N-dealkylation sites (tertiary alicyclic amines) is 1. The third-order valence-corrected chi connectivity index (χ3v) is 6.44. The molecule has 0 bridgehead atoms. The molecule has 36 heavy (non-hydrogen) atoms. The topological polar surface area (TPSA) is 70.0 Å². The minimum atomic E-state index is -0.501. The Morgan fingerprint density at radius 2 is 1.75 bits per heavy atom. The van der Waals surface area contributed by atoms with E-state index in [4.69, 9.17) is 14.2 Å². The molecule has 1 fully saturated rings. The van der Waals surface area contributed by atoms with Crippen molar-refractivity contribution in [2.24, 2.45) is 0 Å². The smallest absolute Gasteiger partial charge is 0.410 e. The normalized spacial score (nSPS) is 14.6. The Labute approximate surface area is 212 Å². The van der Waals surface area contributed by atoms with Crippen LogP contribution < -0.4 is 15.0 Å². The molecule has 0 aliphatic carbocycles. The molecule has 1 aliphatic heterocycles. The first-order chi connectivity index (χ1) is 17.2. The highest BCUT2D eigenvalue weighted by atomic mass is 16.6. The lowest BCUT2D eigenvalue weighted by Crippen LogP contribution is -2.44. The van der Waals surface area contributed by atoms with Gasteiger partial charge in [-0.25, -0.2) is 4.79 Å². The van der Waals surface area contributed by atoms with Crippen molar-refractivity contribution in [2.45, 2.75) is 65.2 Å². The number of ether oxygens (including phenoxy) is 3. The van der Waals surface area contributed by atoms with Gasteiger partial charge in [0.25, 0.3) is 5.56 Å². The number of hydrogen-bond donors (Lipinski definition) is 0. The predicted octanol–water partition coefficient (Wildman–Crippen LogP) is 5.40. The Kier molecular flexibility index (Phi) is 7.57. The number of benzene rings is 2. The molecule has 0 spiro atoms. The van der Waals surface area contributed by atoms with E-state index in [-0.39, 0.29) is 17.8 Å². The Balaban J connectivity index is 1.48. The van der Waals surface area contributed by atoms with E-state index in [9.17, 15) is 9.59 Å². The van der Waals surface area contributed by atoms with Crippen LogP contribution in [0.15, 0.2) is 53.5 Å². The number of piperidine rings is 1. The van der Waals surface area contributed by atoms with Crippen LogP contribution in [-0.4, -0.2) is 47.5 Å². The van der Waals surface area contributed by atoms with Crippen molar-refractivity contribution in [3.05, 3.63) is 70.1 Å². The summed E-state index contributed by atoms with van der Waals surface area (Å²) in [6.07, 6.45) is 3.82. The molecule has 7 nitrogen and oxygen atoms in total. The summed E-state index contributed by atoms with van der Waals surface area (Å²) in [6, 6.07) is 13.7. The van der Waals surface area contributed by atoms with Gasteiger partial charge in [-0.1, -0.05) is 19.1 Å². The van der Waals surface area contributed by atoms with E-state index in [2.05, 4.69) is 6.92 Å². The van der Waals surface area contributed by atoms with Gasteiger partial charge in [-0.05, 0) is 74.0 Å². The van der Waals surface area contributed by atoms with Crippen LogP contribution in [0.5, 0.6) is 11.5 Å². The monoisotopic (exact) mass is 492 g/mol. The van der Waals surface area contributed by atoms with E-state index in [1.54, 1.807) is 16.6 Å². The van der Waals surface area contributed by atoms with Gasteiger partial charge in [0, 0.05) is 37.5 Å². The zero-order valence-electron chi connectivity index (χ0n) is 21.9. The van der Waals surface area contributed by atoms with Crippen molar-refractivity contribution in [2.75, 3.05) is 20.2 Å². The van der Waals surface area contributed by atoms with Crippen molar-refractivity contribution in [1.29, 1.82) is 0 Å². The number of methoxy groups -OCH3 is 1. The number of rotatable bonds is 6. The number of carbonyl (C=O) groups excluding carboxylic acids is 1. The molecule has 2 heterocycles.